The molecule has 1 aliphatic rings. The van der Waals surface area contributed by atoms with Crippen molar-refractivity contribution in [2.75, 3.05) is 0 Å². The zero-order chi connectivity index (χ0) is 9.14. The van der Waals surface area contributed by atoms with Gasteiger partial charge in [0, 0.05) is 5.70 Å². The third-order valence-corrected chi connectivity index (χ3v) is 2.01. The molecular formula is C10H13NO. The number of nitrogens with one attached hydrogen (secondary N) is 1. The summed E-state index contributed by atoms with van der Waals surface area (Å²) < 4.78 is 0. The second kappa shape index (κ2) is 3.39. The molecule has 1 amide bonds. The van der Waals surface area contributed by atoms with Gasteiger partial charge in [0.1, 0.15) is 0 Å². The number of amides is 1. The molecule has 1 saturated heterocycles. The average Bonchev–Trinajstić information content (AvgIpc) is 2.45. The summed E-state index contributed by atoms with van der Waals surface area (Å²) in [5.41, 5.74) is 3.07. The van der Waals surface area contributed by atoms with Crippen molar-refractivity contribution in [2.24, 2.45) is 0 Å². The van der Waals surface area contributed by atoms with Gasteiger partial charge in [-0.15, -0.1) is 0 Å². The van der Waals surface area contributed by atoms with Crippen LogP contribution < -0.4 is 5.32 Å². The van der Waals surface area contributed by atoms with E-state index in [1.165, 1.54) is 0 Å². The molecule has 1 N–H and O–H groups in total. The van der Waals surface area contributed by atoms with Crippen molar-refractivity contribution in [3.8, 4) is 0 Å². The van der Waals surface area contributed by atoms with Crippen LogP contribution in [0.2, 0.25) is 0 Å². The molecule has 2 heteroatoms. The lowest BCUT2D eigenvalue weighted by Gasteiger charge is -2.00. The second-order valence-corrected chi connectivity index (χ2v) is 2.79. The summed E-state index contributed by atoms with van der Waals surface area (Å²) in [7, 11) is 0. The standard InChI is InChI=1S/C10H13NO/c1-4-7(3)8-6-10(12)11-9(8)5-2/h4-5H,1,6H2,2-3H3,(H,11,12)/b8-7-,9-5+. The Hall–Kier alpha value is -1.31. The number of carbonyl (C=O) groups excluding carboxylic acids is 1. The van der Waals surface area contributed by atoms with E-state index in [0.29, 0.717) is 6.42 Å². The summed E-state index contributed by atoms with van der Waals surface area (Å²) in [6.45, 7) is 7.55. The van der Waals surface area contributed by atoms with Crippen LogP contribution >= 0.6 is 0 Å². The molecule has 0 spiro atoms. The van der Waals surface area contributed by atoms with Crippen LogP contribution in [0.25, 0.3) is 0 Å². The van der Waals surface area contributed by atoms with Crippen molar-refractivity contribution < 1.29 is 4.79 Å². The third-order valence-electron chi connectivity index (χ3n) is 2.01. The minimum Gasteiger partial charge on any atom is -0.326 e. The molecule has 1 fully saturated rings. The van der Waals surface area contributed by atoms with Gasteiger partial charge >= 0.3 is 0 Å². The number of allylic oxidation sites excluding steroid dienone is 4. The Balaban J connectivity index is 3.07. The van der Waals surface area contributed by atoms with Gasteiger partial charge < -0.3 is 5.32 Å². The first-order valence-corrected chi connectivity index (χ1v) is 3.97. The quantitative estimate of drug-likeness (QED) is 0.628. The van der Waals surface area contributed by atoms with Crippen molar-refractivity contribution in [1.82, 2.24) is 5.32 Å². The fourth-order valence-electron chi connectivity index (χ4n) is 1.25. The molecule has 0 bridgehead atoms. The Morgan fingerprint density at radius 1 is 1.67 bits per heavy atom. The highest BCUT2D eigenvalue weighted by atomic mass is 16.1. The molecule has 1 heterocycles. The monoisotopic (exact) mass is 163 g/mol. The molecule has 12 heavy (non-hydrogen) atoms. The Labute approximate surface area is 72.7 Å². The van der Waals surface area contributed by atoms with Crippen LogP contribution in [0.5, 0.6) is 0 Å². The number of carbonyl (C=O) groups is 1. The van der Waals surface area contributed by atoms with Crippen molar-refractivity contribution in [1.29, 1.82) is 0 Å². The van der Waals surface area contributed by atoms with Crippen LogP contribution in [-0.4, -0.2) is 5.91 Å². The maximum Gasteiger partial charge on any atom is 0.228 e. The molecule has 0 atom stereocenters. The molecule has 1 rings (SSSR count). The van der Waals surface area contributed by atoms with Crippen LogP contribution in [0.1, 0.15) is 20.3 Å². The lowest BCUT2D eigenvalue weighted by molar-refractivity contribution is -0.118. The van der Waals surface area contributed by atoms with Gasteiger partial charge in [0.2, 0.25) is 5.91 Å². The van der Waals surface area contributed by atoms with E-state index in [4.69, 9.17) is 0 Å². The van der Waals surface area contributed by atoms with Gasteiger partial charge in [-0.25, -0.2) is 0 Å². The number of hydrogen-bond acceptors (Lipinski definition) is 1. The molecule has 0 unspecified atom stereocenters. The van der Waals surface area contributed by atoms with Crippen molar-refractivity contribution in [3.05, 3.63) is 35.6 Å². The smallest absolute Gasteiger partial charge is 0.228 e. The average molecular weight is 163 g/mol. The molecule has 0 aromatic heterocycles. The fraction of sp³-hybridized carbons (Fsp3) is 0.300. The van der Waals surface area contributed by atoms with E-state index in [9.17, 15) is 4.79 Å². The topological polar surface area (TPSA) is 29.1 Å². The number of rotatable bonds is 1. The minimum atomic E-state index is 0.0688. The summed E-state index contributed by atoms with van der Waals surface area (Å²) in [6.07, 6.45) is 4.17. The highest BCUT2D eigenvalue weighted by molar-refractivity contribution is 5.87. The van der Waals surface area contributed by atoms with Gasteiger partial charge in [0.05, 0.1) is 6.42 Å². The van der Waals surface area contributed by atoms with E-state index in [0.717, 1.165) is 16.8 Å². The van der Waals surface area contributed by atoms with E-state index in [-0.39, 0.29) is 5.91 Å². The van der Waals surface area contributed by atoms with Crippen molar-refractivity contribution in [3.63, 3.8) is 0 Å². The summed E-state index contributed by atoms with van der Waals surface area (Å²) in [6, 6.07) is 0. The highest BCUT2D eigenvalue weighted by Gasteiger charge is 2.20. The van der Waals surface area contributed by atoms with E-state index in [1.807, 2.05) is 19.9 Å². The molecule has 1 aliphatic heterocycles. The summed E-state index contributed by atoms with van der Waals surface area (Å²) in [4.78, 5) is 11.0. The molecule has 0 radical (unpaired) electrons. The van der Waals surface area contributed by atoms with Gasteiger partial charge in [0.25, 0.3) is 0 Å². The van der Waals surface area contributed by atoms with Crippen LogP contribution in [-0.2, 0) is 4.79 Å². The van der Waals surface area contributed by atoms with Crippen LogP contribution in [0.3, 0.4) is 0 Å². The predicted molar refractivity (Wildman–Crippen MR) is 49.4 cm³/mol. The first kappa shape index (κ1) is 8.78. The maximum atomic E-state index is 11.0. The Bertz CT molecular complexity index is 284. The van der Waals surface area contributed by atoms with Crippen molar-refractivity contribution >= 4 is 5.91 Å². The van der Waals surface area contributed by atoms with E-state index >= 15 is 0 Å². The molecule has 64 valence electrons. The van der Waals surface area contributed by atoms with Crippen molar-refractivity contribution in [2.45, 2.75) is 20.3 Å². The second-order valence-electron chi connectivity index (χ2n) is 2.79. The lowest BCUT2D eigenvalue weighted by atomic mass is 10.1. The van der Waals surface area contributed by atoms with Crippen LogP contribution in [0.4, 0.5) is 0 Å². The first-order valence-electron chi connectivity index (χ1n) is 3.97. The van der Waals surface area contributed by atoms with Gasteiger partial charge in [-0.3, -0.25) is 4.79 Å². The van der Waals surface area contributed by atoms with E-state index in [2.05, 4.69) is 11.9 Å². The van der Waals surface area contributed by atoms with E-state index in [1.54, 1.807) is 6.08 Å². The minimum absolute atomic E-state index is 0.0688. The third kappa shape index (κ3) is 1.47. The fourth-order valence-corrected chi connectivity index (χ4v) is 1.25. The molecule has 0 aromatic carbocycles. The number of hydrogen-bond donors (Lipinski definition) is 1. The summed E-state index contributed by atoms with van der Waals surface area (Å²) in [5, 5.41) is 2.79. The Morgan fingerprint density at radius 2 is 2.33 bits per heavy atom. The van der Waals surface area contributed by atoms with Gasteiger partial charge in [0.15, 0.2) is 0 Å². The van der Waals surface area contributed by atoms with Crippen LogP contribution in [0, 0.1) is 0 Å². The summed E-state index contributed by atoms with van der Waals surface area (Å²) in [5.74, 6) is 0.0688. The summed E-state index contributed by atoms with van der Waals surface area (Å²) >= 11 is 0. The maximum absolute atomic E-state index is 11.0. The zero-order valence-corrected chi connectivity index (χ0v) is 7.48. The van der Waals surface area contributed by atoms with Gasteiger partial charge in [-0.2, -0.15) is 0 Å². The Morgan fingerprint density at radius 3 is 2.83 bits per heavy atom. The molecular weight excluding hydrogens is 150 g/mol. The normalized spacial score (nSPS) is 24.2. The predicted octanol–water partition coefficient (Wildman–Crippen LogP) is 1.91. The molecule has 0 aliphatic carbocycles. The molecule has 2 nitrogen and oxygen atoms in total. The first-order chi connectivity index (χ1) is 5.69. The molecule has 0 aromatic rings. The largest absolute Gasteiger partial charge is 0.326 e. The SMILES string of the molecule is C=C/C(C)=C1/CC(=O)N/C1=C/C. The van der Waals surface area contributed by atoms with Gasteiger partial charge in [-0.1, -0.05) is 18.7 Å². The van der Waals surface area contributed by atoms with Crippen LogP contribution in [0.15, 0.2) is 35.6 Å². The Kier molecular flexibility index (Phi) is 2.48. The van der Waals surface area contributed by atoms with E-state index < -0.39 is 0 Å². The van der Waals surface area contributed by atoms with Gasteiger partial charge in [-0.05, 0) is 25.0 Å². The highest BCUT2D eigenvalue weighted by Crippen LogP contribution is 2.22. The molecule has 0 saturated carbocycles. The zero-order valence-electron chi connectivity index (χ0n) is 7.48. The lowest BCUT2D eigenvalue weighted by Crippen LogP contribution is -2.11.